The minimum Gasteiger partial charge on any atom is -0.280 e. The fourth-order valence-corrected chi connectivity index (χ4v) is 2.09. The number of rotatable bonds is 5. The summed E-state index contributed by atoms with van der Waals surface area (Å²) in [6.07, 6.45) is 0. The first kappa shape index (κ1) is 26.2. The first-order chi connectivity index (χ1) is 12.7. The number of alkyl halides is 3. The quantitative estimate of drug-likeness (QED) is 0.350. The molecule has 0 bridgehead atoms. The second-order valence-corrected chi connectivity index (χ2v) is 6.61. The van der Waals surface area contributed by atoms with Gasteiger partial charge in [0.2, 0.25) is 5.24 Å². The fourth-order valence-electron chi connectivity index (χ4n) is 1.50. The van der Waals surface area contributed by atoms with E-state index in [1.807, 2.05) is 6.07 Å². The summed E-state index contributed by atoms with van der Waals surface area (Å²) in [4.78, 5) is 30.7. The van der Waals surface area contributed by atoms with Gasteiger partial charge in [-0.2, -0.15) is 0 Å². The minimum absolute atomic E-state index is 0.0957. The Labute approximate surface area is 187 Å². The normalized spacial score (nSPS) is 9.26. The molecule has 0 radical (unpaired) electrons. The van der Waals surface area contributed by atoms with E-state index in [0.29, 0.717) is 22.9 Å². The zero-order valence-corrected chi connectivity index (χ0v) is 18.3. The number of carbonyl (C=O) groups is 3. The number of hydrogen-bond donors (Lipinski definition) is 0. The molecule has 0 aromatic heterocycles. The largest absolute Gasteiger partial charge is 0.280 e. The van der Waals surface area contributed by atoms with Crippen molar-refractivity contribution in [3.8, 4) is 0 Å². The molecule has 2 aromatic carbocycles. The molecule has 146 valence electrons. The van der Waals surface area contributed by atoms with Gasteiger partial charge in [-0.3, -0.25) is 14.4 Å². The van der Waals surface area contributed by atoms with E-state index >= 15 is 0 Å². The predicted molar refractivity (Wildman–Crippen MR) is 114 cm³/mol. The third kappa shape index (κ3) is 12.3. The lowest BCUT2D eigenvalue weighted by atomic mass is 10.2. The van der Waals surface area contributed by atoms with Gasteiger partial charge in [-0.25, -0.2) is 0 Å². The molecule has 0 saturated carbocycles. The van der Waals surface area contributed by atoms with Crippen molar-refractivity contribution >= 4 is 85.3 Å². The van der Waals surface area contributed by atoms with Crippen molar-refractivity contribution in [1.82, 2.24) is 0 Å². The highest BCUT2D eigenvalue weighted by Crippen LogP contribution is 2.10. The average molecular weight is 491 g/mol. The molecule has 2 aromatic rings. The molecule has 0 aliphatic carbocycles. The first-order valence-corrected chi connectivity index (χ1v) is 9.92. The topological polar surface area (TPSA) is 51.2 Å². The third-order valence-electron chi connectivity index (χ3n) is 2.75. The Balaban J connectivity index is 0.000000405. The zero-order chi connectivity index (χ0) is 20.8. The van der Waals surface area contributed by atoms with Crippen molar-refractivity contribution in [2.45, 2.75) is 11.8 Å². The van der Waals surface area contributed by atoms with Crippen LogP contribution in [0.25, 0.3) is 0 Å². The highest BCUT2D eigenvalue weighted by Gasteiger charge is 2.01. The van der Waals surface area contributed by atoms with Gasteiger partial charge in [0, 0.05) is 22.9 Å². The van der Waals surface area contributed by atoms with E-state index in [4.69, 9.17) is 69.6 Å². The van der Waals surface area contributed by atoms with E-state index in [0.717, 1.165) is 11.1 Å². The van der Waals surface area contributed by atoms with Crippen LogP contribution in [0.3, 0.4) is 0 Å². The van der Waals surface area contributed by atoms with Crippen LogP contribution in [-0.2, 0) is 16.6 Å². The zero-order valence-electron chi connectivity index (χ0n) is 13.7. The highest BCUT2D eigenvalue weighted by atomic mass is 35.5. The summed E-state index contributed by atoms with van der Waals surface area (Å²) in [6.45, 7) is 0. The number of hydrogen-bond acceptors (Lipinski definition) is 3. The van der Waals surface area contributed by atoms with Crippen LogP contribution in [-0.4, -0.2) is 21.6 Å². The maximum atomic E-state index is 10.6. The monoisotopic (exact) mass is 488 g/mol. The van der Waals surface area contributed by atoms with Gasteiger partial charge in [0.05, 0.1) is 5.88 Å². The number of halogens is 6. The van der Waals surface area contributed by atoms with Crippen molar-refractivity contribution < 1.29 is 14.4 Å². The fraction of sp³-hybridized carbons (Fsp3) is 0.167. The van der Waals surface area contributed by atoms with Gasteiger partial charge < -0.3 is 0 Å². The average Bonchev–Trinajstić information content (AvgIpc) is 2.68. The second kappa shape index (κ2) is 15.2. The second-order valence-electron chi connectivity index (χ2n) is 4.70. The smallest absolute Gasteiger partial charge is 0.252 e. The van der Waals surface area contributed by atoms with E-state index in [9.17, 15) is 14.4 Å². The first-order valence-electron chi connectivity index (χ1n) is 7.18. The molecule has 0 spiro atoms. The SMILES string of the molecule is O=C(Cl)CCl.O=C(Cl)c1ccc(CCl)cc1.O=C(Cl)c1cccc(CCl)c1. The van der Waals surface area contributed by atoms with Crippen LogP contribution >= 0.6 is 69.6 Å². The Morgan fingerprint density at radius 2 is 1.15 bits per heavy atom. The Kier molecular flexibility index (Phi) is 14.7. The molecule has 0 N–H and O–H groups in total. The van der Waals surface area contributed by atoms with Crippen molar-refractivity contribution in [1.29, 1.82) is 0 Å². The summed E-state index contributed by atoms with van der Waals surface area (Å²) in [5.74, 6) is 0.760. The van der Waals surface area contributed by atoms with Crippen molar-refractivity contribution in [2.24, 2.45) is 0 Å². The lowest BCUT2D eigenvalue weighted by Crippen LogP contribution is -1.89. The van der Waals surface area contributed by atoms with Crippen LogP contribution in [0.1, 0.15) is 31.8 Å². The van der Waals surface area contributed by atoms with Gasteiger partial charge in [-0.15, -0.1) is 34.8 Å². The standard InChI is InChI=1S/2C8H6Cl2O.C2H2Cl2O/c9-5-6-1-3-7(4-2-6)8(10)11;9-5-6-2-1-3-7(4-6)8(10)11;3-1-2(4)5/h2*1-4H,5H2;1H2. The van der Waals surface area contributed by atoms with Crippen LogP contribution in [0.4, 0.5) is 0 Å². The Morgan fingerprint density at radius 1 is 0.667 bits per heavy atom. The van der Waals surface area contributed by atoms with Gasteiger partial charge in [-0.05, 0) is 64.1 Å². The summed E-state index contributed by atoms with van der Waals surface area (Å²) in [5.41, 5.74) is 2.87. The van der Waals surface area contributed by atoms with Crippen LogP contribution in [0.5, 0.6) is 0 Å². The molecule has 0 fully saturated rings. The van der Waals surface area contributed by atoms with E-state index in [1.165, 1.54) is 0 Å². The maximum Gasteiger partial charge on any atom is 0.252 e. The van der Waals surface area contributed by atoms with Gasteiger partial charge in [0.25, 0.3) is 10.5 Å². The number of benzene rings is 2. The molecular weight excluding hydrogens is 477 g/mol. The van der Waals surface area contributed by atoms with Gasteiger partial charge in [-0.1, -0.05) is 30.3 Å². The molecule has 0 atom stereocenters. The van der Waals surface area contributed by atoms with Gasteiger partial charge in [0.1, 0.15) is 0 Å². The van der Waals surface area contributed by atoms with Crippen molar-refractivity contribution in [3.05, 3.63) is 70.8 Å². The molecule has 0 unspecified atom stereocenters. The van der Waals surface area contributed by atoms with Gasteiger partial charge >= 0.3 is 0 Å². The molecule has 0 heterocycles. The molecule has 0 aliphatic rings. The van der Waals surface area contributed by atoms with E-state index in [-0.39, 0.29) is 5.88 Å². The van der Waals surface area contributed by atoms with E-state index < -0.39 is 15.7 Å². The van der Waals surface area contributed by atoms with Crippen LogP contribution in [0, 0.1) is 0 Å². The predicted octanol–water partition coefficient (Wildman–Crippen LogP) is 6.60. The summed E-state index contributed by atoms with van der Waals surface area (Å²) in [6, 6.07) is 13.8. The summed E-state index contributed by atoms with van der Waals surface area (Å²) in [7, 11) is 0. The molecule has 0 amide bonds. The van der Waals surface area contributed by atoms with Crippen molar-refractivity contribution in [3.63, 3.8) is 0 Å². The van der Waals surface area contributed by atoms with E-state index in [2.05, 4.69) is 0 Å². The molecule has 27 heavy (non-hydrogen) atoms. The number of carbonyl (C=O) groups excluding carboxylic acids is 3. The van der Waals surface area contributed by atoms with Crippen LogP contribution in [0.2, 0.25) is 0 Å². The summed E-state index contributed by atoms with van der Waals surface area (Å²) in [5, 5.41) is -1.39. The summed E-state index contributed by atoms with van der Waals surface area (Å²) < 4.78 is 0. The molecule has 2 rings (SSSR count). The molecule has 3 nitrogen and oxygen atoms in total. The van der Waals surface area contributed by atoms with Crippen molar-refractivity contribution in [2.75, 3.05) is 5.88 Å². The third-order valence-corrected chi connectivity index (χ3v) is 4.32. The van der Waals surface area contributed by atoms with Gasteiger partial charge in [0.15, 0.2) is 0 Å². The molecular formula is C18H14Cl6O3. The Morgan fingerprint density at radius 3 is 1.52 bits per heavy atom. The molecule has 0 aliphatic heterocycles. The summed E-state index contributed by atoms with van der Waals surface area (Å²) >= 11 is 31.1. The lowest BCUT2D eigenvalue weighted by Gasteiger charge is -1.95. The lowest BCUT2D eigenvalue weighted by molar-refractivity contribution is -0.109. The Hall–Kier alpha value is -0.810. The van der Waals surface area contributed by atoms with Crippen LogP contribution in [0.15, 0.2) is 48.5 Å². The minimum atomic E-state index is -0.508. The Bertz CT molecular complexity index is 747. The highest BCUT2D eigenvalue weighted by molar-refractivity contribution is 6.68. The maximum absolute atomic E-state index is 10.6. The van der Waals surface area contributed by atoms with E-state index in [1.54, 1.807) is 42.5 Å². The van der Waals surface area contributed by atoms with Crippen LogP contribution < -0.4 is 0 Å². The molecule has 9 heteroatoms. The molecule has 0 saturated heterocycles.